The third-order valence-corrected chi connectivity index (χ3v) is 2.56. The van der Waals surface area contributed by atoms with E-state index in [-0.39, 0.29) is 0 Å². The highest BCUT2D eigenvalue weighted by molar-refractivity contribution is 5.14. The first kappa shape index (κ1) is 12.7. The number of rotatable bonds is 7. The Hall–Kier alpha value is -1.33. The summed E-state index contributed by atoms with van der Waals surface area (Å²) >= 11 is 0. The molecular formula is C14H20N2. The molecular weight excluding hydrogens is 196 g/mol. The van der Waals surface area contributed by atoms with Gasteiger partial charge in [0.25, 0.3) is 0 Å². The molecule has 0 aliphatic heterocycles. The van der Waals surface area contributed by atoms with Gasteiger partial charge in [0.15, 0.2) is 0 Å². The quantitative estimate of drug-likeness (QED) is 0.560. The van der Waals surface area contributed by atoms with E-state index < -0.39 is 0 Å². The summed E-state index contributed by atoms with van der Waals surface area (Å²) < 4.78 is 0. The van der Waals surface area contributed by atoms with Gasteiger partial charge in [0, 0.05) is 24.9 Å². The molecule has 2 heteroatoms. The zero-order valence-corrected chi connectivity index (χ0v) is 9.95. The Morgan fingerprint density at radius 3 is 2.81 bits per heavy atom. The fourth-order valence-corrected chi connectivity index (χ4v) is 1.71. The highest BCUT2D eigenvalue weighted by Gasteiger charge is 2.09. The molecule has 0 aliphatic rings. The minimum atomic E-state index is 0.413. The minimum absolute atomic E-state index is 0.413. The number of nitrogens with zero attached hydrogens (tertiary/aromatic N) is 1. The predicted octanol–water partition coefficient (Wildman–Crippen LogP) is 2.93. The smallest absolute Gasteiger partial charge is 0.0321 e. The van der Waals surface area contributed by atoms with Crippen LogP contribution >= 0.6 is 0 Å². The van der Waals surface area contributed by atoms with Crippen LogP contribution in [0.1, 0.15) is 44.2 Å². The molecule has 1 unspecified atom stereocenters. The van der Waals surface area contributed by atoms with Gasteiger partial charge in [-0.05, 0) is 43.5 Å². The van der Waals surface area contributed by atoms with Crippen molar-refractivity contribution in [3.8, 4) is 12.3 Å². The van der Waals surface area contributed by atoms with Crippen molar-refractivity contribution in [2.75, 3.05) is 6.54 Å². The topological polar surface area (TPSA) is 24.9 Å². The molecule has 1 atom stereocenters. The minimum Gasteiger partial charge on any atom is -0.310 e. The summed E-state index contributed by atoms with van der Waals surface area (Å²) in [4.78, 5) is 4.04. The van der Waals surface area contributed by atoms with Gasteiger partial charge in [0.2, 0.25) is 0 Å². The van der Waals surface area contributed by atoms with Crippen molar-refractivity contribution in [3.05, 3.63) is 30.1 Å². The average molecular weight is 216 g/mol. The van der Waals surface area contributed by atoms with Crippen LogP contribution in [0.4, 0.5) is 0 Å². The molecule has 1 N–H and O–H groups in total. The lowest BCUT2D eigenvalue weighted by atomic mass is 10.0. The Morgan fingerprint density at radius 2 is 2.19 bits per heavy atom. The van der Waals surface area contributed by atoms with E-state index in [2.05, 4.69) is 35.3 Å². The zero-order valence-electron chi connectivity index (χ0n) is 9.95. The van der Waals surface area contributed by atoms with Crippen molar-refractivity contribution in [1.29, 1.82) is 0 Å². The van der Waals surface area contributed by atoms with E-state index in [1.165, 1.54) is 5.56 Å². The fourth-order valence-electron chi connectivity index (χ4n) is 1.71. The van der Waals surface area contributed by atoms with E-state index in [0.717, 1.165) is 32.2 Å². The van der Waals surface area contributed by atoms with E-state index in [1.54, 1.807) is 0 Å². The second kappa shape index (κ2) is 7.90. The van der Waals surface area contributed by atoms with Gasteiger partial charge in [-0.2, -0.15) is 0 Å². The van der Waals surface area contributed by atoms with Crippen molar-refractivity contribution in [1.82, 2.24) is 10.3 Å². The molecule has 1 heterocycles. The van der Waals surface area contributed by atoms with Crippen LogP contribution in [0.3, 0.4) is 0 Å². The Kier molecular flexibility index (Phi) is 6.29. The van der Waals surface area contributed by atoms with Gasteiger partial charge in [0.1, 0.15) is 0 Å². The lowest BCUT2D eigenvalue weighted by Crippen LogP contribution is -2.22. The zero-order chi connectivity index (χ0) is 11.6. The number of terminal acetylenes is 1. The summed E-state index contributed by atoms with van der Waals surface area (Å²) in [5.74, 6) is 2.69. The van der Waals surface area contributed by atoms with Gasteiger partial charge in [-0.15, -0.1) is 12.3 Å². The van der Waals surface area contributed by atoms with Crippen molar-refractivity contribution >= 4 is 0 Å². The largest absolute Gasteiger partial charge is 0.310 e. The van der Waals surface area contributed by atoms with Crippen LogP contribution in [0.2, 0.25) is 0 Å². The molecule has 0 fully saturated rings. The fraction of sp³-hybridized carbons (Fsp3) is 0.500. The van der Waals surface area contributed by atoms with Crippen molar-refractivity contribution in [2.45, 2.75) is 38.6 Å². The van der Waals surface area contributed by atoms with Crippen molar-refractivity contribution in [2.24, 2.45) is 0 Å². The highest BCUT2D eigenvalue weighted by atomic mass is 14.9. The third-order valence-electron chi connectivity index (χ3n) is 2.56. The Bertz CT molecular complexity index is 313. The standard InChI is InChI=1S/C14H20N2/c1-3-5-6-7-14(16-10-4-2)13-8-11-15-12-9-13/h1,8-9,11-12,14,16H,4-7,10H2,2H3. The molecule has 1 aromatic rings. The van der Waals surface area contributed by atoms with E-state index in [0.29, 0.717) is 6.04 Å². The molecule has 16 heavy (non-hydrogen) atoms. The molecule has 0 spiro atoms. The lowest BCUT2D eigenvalue weighted by Gasteiger charge is -2.18. The first-order valence-corrected chi connectivity index (χ1v) is 5.95. The van der Waals surface area contributed by atoms with Crippen LogP contribution in [-0.4, -0.2) is 11.5 Å². The predicted molar refractivity (Wildman–Crippen MR) is 68.0 cm³/mol. The molecule has 0 bridgehead atoms. The molecule has 2 nitrogen and oxygen atoms in total. The van der Waals surface area contributed by atoms with Crippen LogP contribution in [-0.2, 0) is 0 Å². The maximum absolute atomic E-state index is 5.27. The van der Waals surface area contributed by atoms with Crippen LogP contribution in [0, 0.1) is 12.3 Å². The second-order valence-corrected chi connectivity index (χ2v) is 3.88. The number of pyridine rings is 1. The van der Waals surface area contributed by atoms with Gasteiger partial charge in [0.05, 0.1) is 0 Å². The molecule has 0 amide bonds. The van der Waals surface area contributed by atoms with Gasteiger partial charge in [-0.25, -0.2) is 0 Å². The number of aromatic nitrogens is 1. The summed E-state index contributed by atoms with van der Waals surface area (Å²) in [5.41, 5.74) is 1.31. The molecule has 1 rings (SSSR count). The summed E-state index contributed by atoms with van der Waals surface area (Å²) in [6, 6.07) is 4.56. The van der Waals surface area contributed by atoms with E-state index >= 15 is 0 Å². The maximum Gasteiger partial charge on any atom is 0.0321 e. The van der Waals surface area contributed by atoms with Gasteiger partial charge in [-0.1, -0.05) is 6.92 Å². The van der Waals surface area contributed by atoms with Crippen molar-refractivity contribution in [3.63, 3.8) is 0 Å². The van der Waals surface area contributed by atoms with Gasteiger partial charge in [-0.3, -0.25) is 4.98 Å². The molecule has 0 aliphatic carbocycles. The third kappa shape index (κ3) is 4.46. The molecule has 0 saturated carbocycles. The maximum atomic E-state index is 5.27. The van der Waals surface area contributed by atoms with Gasteiger partial charge < -0.3 is 5.32 Å². The molecule has 1 aromatic heterocycles. The van der Waals surface area contributed by atoms with Crippen molar-refractivity contribution < 1.29 is 0 Å². The second-order valence-electron chi connectivity index (χ2n) is 3.88. The first-order chi connectivity index (χ1) is 7.88. The molecule has 0 radical (unpaired) electrons. The monoisotopic (exact) mass is 216 g/mol. The summed E-state index contributed by atoms with van der Waals surface area (Å²) in [7, 11) is 0. The normalized spacial score (nSPS) is 12.0. The van der Waals surface area contributed by atoms with Crippen LogP contribution in [0.5, 0.6) is 0 Å². The summed E-state index contributed by atoms with van der Waals surface area (Å²) in [5, 5.41) is 3.55. The summed E-state index contributed by atoms with van der Waals surface area (Å²) in [6.45, 7) is 3.22. The van der Waals surface area contributed by atoms with E-state index in [9.17, 15) is 0 Å². The number of unbranched alkanes of at least 4 members (excludes halogenated alkanes) is 1. The number of hydrogen-bond donors (Lipinski definition) is 1. The number of hydrogen-bond acceptors (Lipinski definition) is 2. The molecule has 86 valence electrons. The van der Waals surface area contributed by atoms with Gasteiger partial charge >= 0.3 is 0 Å². The Balaban J connectivity index is 2.53. The Labute approximate surface area is 98.5 Å². The highest BCUT2D eigenvalue weighted by Crippen LogP contribution is 2.18. The lowest BCUT2D eigenvalue weighted by molar-refractivity contribution is 0.487. The van der Waals surface area contributed by atoms with Crippen LogP contribution in [0.15, 0.2) is 24.5 Å². The van der Waals surface area contributed by atoms with Crippen LogP contribution < -0.4 is 5.32 Å². The first-order valence-electron chi connectivity index (χ1n) is 5.95. The van der Waals surface area contributed by atoms with E-state index in [4.69, 9.17) is 6.42 Å². The molecule has 0 saturated heterocycles. The average Bonchev–Trinajstić information content (AvgIpc) is 2.35. The SMILES string of the molecule is C#CCCCC(NCCC)c1ccncc1. The number of nitrogens with one attached hydrogen (secondary N) is 1. The Morgan fingerprint density at radius 1 is 1.44 bits per heavy atom. The summed E-state index contributed by atoms with van der Waals surface area (Å²) in [6.07, 6.45) is 13.1. The van der Waals surface area contributed by atoms with E-state index in [1.807, 2.05) is 12.4 Å². The molecule has 0 aromatic carbocycles. The van der Waals surface area contributed by atoms with Crippen LogP contribution in [0.25, 0.3) is 0 Å².